The minimum Gasteiger partial charge on any atom is -0.378 e. The molecule has 0 radical (unpaired) electrons. The second-order valence-corrected chi connectivity index (χ2v) is 8.98. The van der Waals surface area contributed by atoms with E-state index in [-0.39, 0.29) is 24.2 Å². The van der Waals surface area contributed by atoms with Gasteiger partial charge in [-0.1, -0.05) is 11.6 Å². The van der Waals surface area contributed by atoms with Crippen LogP contribution < -0.4 is 14.7 Å². The van der Waals surface area contributed by atoms with Crippen molar-refractivity contribution in [3.05, 3.63) is 41.4 Å². The molecule has 0 bridgehead atoms. The normalized spacial score (nSPS) is 21.6. The zero-order valence-electron chi connectivity index (χ0n) is 18.4. The Labute approximate surface area is 197 Å². The highest BCUT2D eigenvalue weighted by Crippen LogP contribution is 2.28. The molecule has 1 aromatic carbocycles. The summed E-state index contributed by atoms with van der Waals surface area (Å²) in [6.45, 7) is 6.09. The van der Waals surface area contributed by atoms with E-state index < -0.39 is 0 Å². The molecule has 3 aliphatic rings. The molecule has 4 heterocycles. The van der Waals surface area contributed by atoms with Gasteiger partial charge in [0.2, 0.25) is 11.8 Å². The van der Waals surface area contributed by atoms with Crippen LogP contribution in [0.3, 0.4) is 0 Å². The van der Waals surface area contributed by atoms with Crippen molar-refractivity contribution in [1.29, 1.82) is 0 Å². The average molecular weight is 471 g/mol. The van der Waals surface area contributed by atoms with Crippen LogP contribution >= 0.6 is 11.6 Å². The van der Waals surface area contributed by atoms with E-state index in [1.54, 1.807) is 17.0 Å². The maximum Gasteiger partial charge on any atom is 0.228 e. The minimum absolute atomic E-state index is 0.0232. The first-order valence-electron chi connectivity index (χ1n) is 11.3. The number of rotatable bonds is 4. The fourth-order valence-corrected chi connectivity index (χ4v) is 4.73. The van der Waals surface area contributed by atoms with Gasteiger partial charge in [-0.15, -0.1) is 10.2 Å². The molecule has 1 atom stereocenters. The summed E-state index contributed by atoms with van der Waals surface area (Å²) in [4.78, 5) is 33.5. The Morgan fingerprint density at radius 1 is 0.879 bits per heavy atom. The highest BCUT2D eigenvalue weighted by molar-refractivity contribution is 6.30. The first-order valence-corrected chi connectivity index (χ1v) is 11.7. The molecule has 3 fully saturated rings. The van der Waals surface area contributed by atoms with Crippen molar-refractivity contribution < 1.29 is 14.3 Å². The Kier molecular flexibility index (Phi) is 6.32. The van der Waals surface area contributed by atoms with E-state index in [0.29, 0.717) is 51.0 Å². The number of piperazine rings is 1. The fraction of sp³-hybridized carbons (Fsp3) is 0.478. The maximum absolute atomic E-state index is 13.1. The van der Waals surface area contributed by atoms with Gasteiger partial charge in [0.05, 0.1) is 19.1 Å². The number of nitrogens with zero attached hydrogens (tertiary/aromatic N) is 6. The molecule has 3 aliphatic heterocycles. The van der Waals surface area contributed by atoms with Crippen molar-refractivity contribution in [1.82, 2.24) is 15.1 Å². The van der Waals surface area contributed by atoms with Gasteiger partial charge < -0.3 is 24.3 Å². The van der Waals surface area contributed by atoms with Gasteiger partial charge in [-0.25, -0.2) is 0 Å². The SMILES string of the molecule is O=C(C1CC(=O)N(c2ccc(Cl)cc2)C1)N1CCN(c2ccc(N3CCOCC3)nn2)CC1. The van der Waals surface area contributed by atoms with Gasteiger partial charge >= 0.3 is 0 Å². The molecule has 0 N–H and O–H groups in total. The first kappa shape index (κ1) is 21.9. The number of hydrogen-bond acceptors (Lipinski definition) is 7. The molecule has 10 heteroatoms. The average Bonchev–Trinajstić information content (AvgIpc) is 3.26. The molecule has 0 saturated carbocycles. The number of halogens is 1. The molecular weight excluding hydrogens is 444 g/mol. The lowest BCUT2D eigenvalue weighted by Gasteiger charge is -2.36. The van der Waals surface area contributed by atoms with E-state index in [1.807, 2.05) is 29.2 Å². The third kappa shape index (κ3) is 4.74. The summed E-state index contributed by atoms with van der Waals surface area (Å²) in [5.41, 5.74) is 0.781. The Bertz CT molecular complexity index is 988. The molecule has 33 heavy (non-hydrogen) atoms. The zero-order valence-corrected chi connectivity index (χ0v) is 19.2. The summed E-state index contributed by atoms with van der Waals surface area (Å²) < 4.78 is 5.39. The standard InChI is InChI=1S/C23H27ClN6O3/c24-18-1-3-19(4-2-18)30-16-17(15-22(30)31)23(32)29-9-7-27(8-10-29)20-5-6-21(26-25-20)28-11-13-33-14-12-28/h1-6,17H,7-16H2. The Hall–Kier alpha value is -2.91. The summed E-state index contributed by atoms with van der Waals surface area (Å²) >= 11 is 5.95. The van der Waals surface area contributed by atoms with Crippen LogP contribution in [0.15, 0.2) is 36.4 Å². The lowest BCUT2D eigenvalue weighted by Crippen LogP contribution is -2.51. The van der Waals surface area contributed by atoms with Crippen molar-refractivity contribution in [2.75, 3.05) is 73.7 Å². The fourth-order valence-electron chi connectivity index (χ4n) is 4.61. The quantitative estimate of drug-likeness (QED) is 0.672. The first-order chi connectivity index (χ1) is 16.1. The molecule has 174 valence electrons. The molecular formula is C23H27ClN6O3. The second kappa shape index (κ2) is 9.52. The van der Waals surface area contributed by atoms with Crippen LogP contribution in [0.25, 0.3) is 0 Å². The lowest BCUT2D eigenvalue weighted by molar-refractivity contribution is -0.136. The smallest absolute Gasteiger partial charge is 0.228 e. The second-order valence-electron chi connectivity index (χ2n) is 8.54. The van der Waals surface area contributed by atoms with E-state index in [4.69, 9.17) is 16.3 Å². The van der Waals surface area contributed by atoms with Crippen LogP contribution in [0.1, 0.15) is 6.42 Å². The number of hydrogen-bond donors (Lipinski definition) is 0. The number of carbonyl (C=O) groups excluding carboxylic acids is 2. The van der Waals surface area contributed by atoms with E-state index in [2.05, 4.69) is 20.0 Å². The topological polar surface area (TPSA) is 82.1 Å². The molecule has 0 spiro atoms. The van der Waals surface area contributed by atoms with E-state index >= 15 is 0 Å². The monoisotopic (exact) mass is 470 g/mol. The van der Waals surface area contributed by atoms with Gasteiger partial charge in [0.25, 0.3) is 0 Å². The highest BCUT2D eigenvalue weighted by Gasteiger charge is 2.38. The van der Waals surface area contributed by atoms with Crippen molar-refractivity contribution in [2.24, 2.45) is 5.92 Å². The summed E-state index contributed by atoms with van der Waals surface area (Å²) in [5, 5.41) is 9.43. The largest absolute Gasteiger partial charge is 0.378 e. The molecule has 3 saturated heterocycles. The molecule has 2 amide bonds. The molecule has 0 aliphatic carbocycles. The van der Waals surface area contributed by atoms with Crippen LogP contribution in [0.5, 0.6) is 0 Å². The maximum atomic E-state index is 13.1. The molecule has 9 nitrogen and oxygen atoms in total. The van der Waals surface area contributed by atoms with Crippen molar-refractivity contribution in [3.8, 4) is 0 Å². The summed E-state index contributed by atoms with van der Waals surface area (Å²) in [5.74, 6) is 1.40. The summed E-state index contributed by atoms with van der Waals surface area (Å²) in [6, 6.07) is 11.1. The van der Waals surface area contributed by atoms with Crippen molar-refractivity contribution in [3.63, 3.8) is 0 Å². The Balaban J connectivity index is 1.15. The molecule has 1 aromatic heterocycles. The van der Waals surface area contributed by atoms with Crippen LogP contribution in [-0.2, 0) is 14.3 Å². The van der Waals surface area contributed by atoms with Gasteiger partial charge in [0.1, 0.15) is 0 Å². The number of amides is 2. The zero-order chi connectivity index (χ0) is 22.8. The number of benzene rings is 1. The van der Waals surface area contributed by atoms with Crippen molar-refractivity contribution >= 4 is 40.7 Å². The van der Waals surface area contributed by atoms with Gasteiger partial charge in [-0.3, -0.25) is 9.59 Å². The number of morpholine rings is 1. The van der Waals surface area contributed by atoms with Crippen LogP contribution in [-0.4, -0.2) is 85.9 Å². The minimum atomic E-state index is -0.313. The van der Waals surface area contributed by atoms with Gasteiger partial charge in [-0.05, 0) is 36.4 Å². The predicted molar refractivity (Wildman–Crippen MR) is 126 cm³/mol. The highest BCUT2D eigenvalue weighted by atomic mass is 35.5. The number of carbonyl (C=O) groups is 2. The van der Waals surface area contributed by atoms with Crippen LogP contribution in [0.2, 0.25) is 5.02 Å². The van der Waals surface area contributed by atoms with E-state index in [1.165, 1.54) is 0 Å². The number of ether oxygens (including phenoxy) is 1. The number of anilines is 3. The molecule has 2 aromatic rings. The molecule has 5 rings (SSSR count). The summed E-state index contributed by atoms with van der Waals surface area (Å²) in [6.07, 6.45) is 0.246. The van der Waals surface area contributed by atoms with E-state index in [0.717, 1.165) is 30.4 Å². The Morgan fingerprint density at radius 2 is 1.48 bits per heavy atom. The molecule has 1 unspecified atom stereocenters. The van der Waals surface area contributed by atoms with Gasteiger partial charge in [0.15, 0.2) is 11.6 Å². The van der Waals surface area contributed by atoms with Crippen molar-refractivity contribution in [2.45, 2.75) is 6.42 Å². The van der Waals surface area contributed by atoms with Crippen LogP contribution in [0.4, 0.5) is 17.3 Å². The van der Waals surface area contributed by atoms with Crippen LogP contribution in [0, 0.1) is 5.92 Å². The Morgan fingerprint density at radius 3 is 2.09 bits per heavy atom. The third-order valence-corrected chi connectivity index (χ3v) is 6.75. The lowest BCUT2D eigenvalue weighted by atomic mass is 10.1. The predicted octanol–water partition coefficient (Wildman–Crippen LogP) is 1.67. The van der Waals surface area contributed by atoms with Gasteiger partial charge in [0, 0.05) is 62.9 Å². The van der Waals surface area contributed by atoms with Gasteiger partial charge in [-0.2, -0.15) is 0 Å². The third-order valence-electron chi connectivity index (χ3n) is 6.50. The van der Waals surface area contributed by atoms with E-state index in [9.17, 15) is 9.59 Å². The number of aromatic nitrogens is 2. The summed E-state index contributed by atoms with van der Waals surface area (Å²) in [7, 11) is 0.